The molecule has 7 nitrogen and oxygen atoms in total. The van der Waals surface area contributed by atoms with Gasteiger partial charge in [0.2, 0.25) is 0 Å². The summed E-state index contributed by atoms with van der Waals surface area (Å²) in [6.07, 6.45) is 2.82. The van der Waals surface area contributed by atoms with Crippen molar-refractivity contribution in [1.29, 1.82) is 0 Å². The van der Waals surface area contributed by atoms with Gasteiger partial charge in [-0.3, -0.25) is 0 Å². The molecule has 3 aromatic rings. The van der Waals surface area contributed by atoms with E-state index >= 15 is 0 Å². The number of ether oxygens (including phenoxy) is 4. The molecule has 0 fully saturated rings. The molecular formula is C27H29NO6S. The van der Waals surface area contributed by atoms with Crippen LogP contribution in [0.2, 0.25) is 0 Å². The Hall–Kier alpha value is -3.49. The number of sulfonamides is 1. The van der Waals surface area contributed by atoms with Crippen LogP contribution in [-0.4, -0.2) is 39.6 Å². The van der Waals surface area contributed by atoms with E-state index in [0.29, 0.717) is 30.1 Å². The van der Waals surface area contributed by atoms with E-state index in [1.54, 1.807) is 62.8 Å². The second-order valence-corrected chi connectivity index (χ2v) is 9.99. The van der Waals surface area contributed by atoms with Gasteiger partial charge in [-0.05, 0) is 66.9 Å². The highest BCUT2D eigenvalue weighted by molar-refractivity contribution is 7.89. The van der Waals surface area contributed by atoms with Crippen LogP contribution in [0.25, 0.3) is 0 Å². The lowest BCUT2D eigenvalue weighted by Crippen LogP contribution is -2.36. The van der Waals surface area contributed by atoms with Crippen molar-refractivity contribution in [3.05, 3.63) is 84.9 Å². The number of allylic oxidation sites excluding steroid dienone is 1. The van der Waals surface area contributed by atoms with Gasteiger partial charge in [0.05, 0.1) is 20.8 Å². The van der Waals surface area contributed by atoms with Crippen molar-refractivity contribution in [3.63, 3.8) is 0 Å². The molecule has 35 heavy (non-hydrogen) atoms. The van der Waals surface area contributed by atoms with Crippen LogP contribution in [0.4, 0.5) is 0 Å². The van der Waals surface area contributed by atoms with Crippen molar-refractivity contribution in [2.75, 3.05) is 20.8 Å². The molecule has 0 N–H and O–H groups in total. The highest BCUT2D eigenvalue weighted by Crippen LogP contribution is 2.41. The zero-order valence-corrected chi connectivity index (χ0v) is 20.7. The van der Waals surface area contributed by atoms with Crippen molar-refractivity contribution in [3.8, 4) is 28.7 Å². The number of benzene rings is 3. The summed E-state index contributed by atoms with van der Waals surface area (Å²) in [5, 5.41) is 0. The zero-order chi connectivity index (χ0) is 24.8. The first-order chi connectivity index (χ1) is 16.9. The van der Waals surface area contributed by atoms with Crippen LogP contribution < -0.4 is 18.9 Å². The molecule has 1 aliphatic heterocycles. The fourth-order valence-electron chi connectivity index (χ4n) is 3.90. The third kappa shape index (κ3) is 5.61. The lowest BCUT2D eigenvalue weighted by Gasteiger charge is -2.23. The van der Waals surface area contributed by atoms with Crippen molar-refractivity contribution >= 4 is 10.0 Å². The average Bonchev–Trinajstić information content (AvgIpc) is 2.97. The van der Waals surface area contributed by atoms with Gasteiger partial charge in [-0.15, -0.1) is 6.58 Å². The first kappa shape index (κ1) is 24.6. The summed E-state index contributed by atoms with van der Waals surface area (Å²) in [5.41, 5.74) is 0.842. The second kappa shape index (κ2) is 10.8. The smallest absolute Gasteiger partial charge is 0.250 e. The second-order valence-electron chi connectivity index (χ2n) is 8.11. The molecule has 0 saturated heterocycles. The van der Waals surface area contributed by atoms with Gasteiger partial charge in [0, 0.05) is 6.54 Å². The molecule has 1 heterocycles. The SMILES string of the molecule is C=CCCC1CN(Cc2ccc(OC)cc2)S(=O)(=O)c2c(Oc3ccc(OC)cc3)cccc2O1. The van der Waals surface area contributed by atoms with E-state index in [4.69, 9.17) is 18.9 Å². The maximum absolute atomic E-state index is 14.0. The number of hydrogen-bond acceptors (Lipinski definition) is 6. The van der Waals surface area contributed by atoms with E-state index in [1.165, 1.54) is 4.31 Å². The lowest BCUT2D eigenvalue weighted by molar-refractivity contribution is 0.164. The molecule has 3 aromatic carbocycles. The average molecular weight is 496 g/mol. The first-order valence-electron chi connectivity index (χ1n) is 11.3. The summed E-state index contributed by atoms with van der Waals surface area (Å²) >= 11 is 0. The minimum atomic E-state index is -3.95. The van der Waals surface area contributed by atoms with E-state index in [9.17, 15) is 8.42 Å². The first-order valence-corrected chi connectivity index (χ1v) is 12.7. The fraction of sp³-hybridized carbons (Fsp3) is 0.259. The monoisotopic (exact) mass is 495 g/mol. The summed E-state index contributed by atoms with van der Waals surface area (Å²) in [6.45, 7) is 4.19. The van der Waals surface area contributed by atoms with Crippen molar-refractivity contribution < 1.29 is 27.4 Å². The zero-order valence-electron chi connectivity index (χ0n) is 19.8. The van der Waals surface area contributed by atoms with Crippen LogP contribution in [0.5, 0.6) is 28.7 Å². The Bertz CT molecular complexity index is 1260. The third-order valence-electron chi connectivity index (χ3n) is 5.74. The number of hydrogen-bond donors (Lipinski definition) is 0. The van der Waals surface area contributed by atoms with E-state index in [1.807, 2.05) is 24.3 Å². The molecule has 8 heteroatoms. The van der Waals surface area contributed by atoms with Crippen LogP contribution in [0, 0.1) is 0 Å². The molecule has 1 unspecified atom stereocenters. The topological polar surface area (TPSA) is 74.3 Å². The van der Waals surface area contributed by atoms with Gasteiger partial charge < -0.3 is 18.9 Å². The van der Waals surface area contributed by atoms with Gasteiger partial charge in [0.15, 0.2) is 10.6 Å². The molecule has 0 aromatic heterocycles. The Labute approximate surface area is 206 Å². The predicted molar refractivity (Wildman–Crippen MR) is 134 cm³/mol. The molecule has 0 bridgehead atoms. The minimum absolute atomic E-state index is 0.0189. The van der Waals surface area contributed by atoms with Gasteiger partial charge in [-0.25, -0.2) is 8.42 Å². The van der Waals surface area contributed by atoms with Gasteiger partial charge in [-0.2, -0.15) is 4.31 Å². The maximum atomic E-state index is 14.0. The van der Waals surface area contributed by atoms with Gasteiger partial charge in [0.25, 0.3) is 10.0 Å². The van der Waals surface area contributed by atoms with Gasteiger partial charge in [-0.1, -0.05) is 24.3 Å². The number of methoxy groups -OCH3 is 2. The largest absolute Gasteiger partial charge is 0.497 e. The summed E-state index contributed by atoms with van der Waals surface area (Å²) in [4.78, 5) is 0.0189. The van der Waals surface area contributed by atoms with E-state index < -0.39 is 10.0 Å². The minimum Gasteiger partial charge on any atom is -0.497 e. The van der Waals surface area contributed by atoms with Crippen LogP contribution >= 0.6 is 0 Å². The molecule has 0 radical (unpaired) electrons. The van der Waals surface area contributed by atoms with Crippen LogP contribution in [-0.2, 0) is 16.6 Å². The van der Waals surface area contributed by atoms with Crippen LogP contribution in [0.15, 0.2) is 84.3 Å². The highest BCUT2D eigenvalue weighted by Gasteiger charge is 2.37. The third-order valence-corrected chi connectivity index (χ3v) is 7.62. The Balaban J connectivity index is 1.73. The van der Waals surface area contributed by atoms with Gasteiger partial charge >= 0.3 is 0 Å². The Kier molecular flexibility index (Phi) is 7.63. The van der Waals surface area contributed by atoms with Crippen LogP contribution in [0.3, 0.4) is 0 Å². The maximum Gasteiger partial charge on any atom is 0.250 e. The quantitative estimate of drug-likeness (QED) is 0.369. The lowest BCUT2D eigenvalue weighted by atomic mass is 10.1. The molecule has 0 saturated carbocycles. The van der Waals surface area contributed by atoms with Crippen molar-refractivity contribution in [1.82, 2.24) is 4.31 Å². The van der Waals surface area contributed by atoms with E-state index in [0.717, 1.165) is 5.56 Å². The highest BCUT2D eigenvalue weighted by atomic mass is 32.2. The normalized spacial score (nSPS) is 16.9. The summed E-state index contributed by atoms with van der Waals surface area (Å²) in [5.74, 6) is 2.36. The van der Waals surface area contributed by atoms with E-state index in [2.05, 4.69) is 6.58 Å². The molecule has 184 valence electrons. The molecular weight excluding hydrogens is 466 g/mol. The number of rotatable bonds is 9. The molecule has 4 rings (SSSR count). The summed E-state index contributed by atoms with van der Waals surface area (Å²) < 4.78 is 52.1. The number of fused-ring (bicyclic) bond motifs is 1. The molecule has 1 aliphatic rings. The van der Waals surface area contributed by atoms with Crippen molar-refractivity contribution in [2.45, 2.75) is 30.4 Å². The molecule has 1 atom stereocenters. The van der Waals surface area contributed by atoms with E-state index in [-0.39, 0.29) is 35.6 Å². The molecule has 0 spiro atoms. The summed E-state index contributed by atoms with van der Waals surface area (Å²) in [7, 11) is -0.778. The molecule has 0 amide bonds. The van der Waals surface area contributed by atoms with Crippen molar-refractivity contribution in [2.24, 2.45) is 0 Å². The van der Waals surface area contributed by atoms with Gasteiger partial charge in [0.1, 0.15) is 29.1 Å². The summed E-state index contributed by atoms with van der Waals surface area (Å²) in [6, 6.07) is 19.4. The fourth-order valence-corrected chi connectivity index (χ4v) is 5.58. The molecule has 0 aliphatic carbocycles. The predicted octanol–water partition coefficient (Wildman–Crippen LogP) is 5.41. The van der Waals surface area contributed by atoms with Crippen LogP contribution in [0.1, 0.15) is 18.4 Å². The standard InChI is InChI=1S/C27H29NO6S/c1-4-5-7-24-19-28(18-20-10-12-21(31-2)13-11-20)35(29,30)27-25(8-6-9-26(27)34-24)33-23-16-14-22(32-3)15-17-23/h4,6,8-17,24H,1,5,7,18-19H2,2-3H3. The number of nitrogens with zero attached hydrogens (tertiary/aromatic N) is 1. The Morgan fingerprint density at radius 2 is 1.60 bits per heavy atom. The Morgan fingerprint density at radius 1 is 0.971 bits per heavy atom. The Morgan fingerprint density at radius 3 is 2.23 bits per heavy atom.